The number of nitrogens with zero attached hydrogens (tertiary/aromatic N) is 5. The van der Waals surface area contributed by atoms with Crippen LogP contribution in [-0.4, -0.2) is 56.3 Å². The maximum absolute atomic E-state index is 4.66. The van der Waals surface area contributed by atoms with Crippen LogP contribution >= 0.6 is 11.5 Å². The molecule has 1 fully saturated rings. The van der Waals surface area contributed by atoms with E-state index in [2.05, 4.69) is 48.7 Å². The Balaban J connectivity index is 1.55. The predicted octanol–water partition coefficient (Wildman–Crippen LogP) is 2.47. The molecular weight excluding hydrogens is 294 g/mol. The van der Waals surface area contributed by atoms with Gasteiger partial charge >= 0.3 is 0 Å². The molecule has 1 saturated heterocycles. The smallest absolute Gasteiger partial charge is 0.214 e. The van der Waals surface area contributed by atoms with E-state index in [4.69, 9.17) is 0 Å². The van der Waals surface area contributed by atoms with E-state index in [1.165, 1.54) is 43.1 Å². The molecule has 0 saturated carbocycles. The fraction of sp³-hybridized carbons (Fsp3) is 0.500. The average molecular weight is 315 g/mol. The van der Waals surface area contributed by atoms with Crippen molar-refractivity contribution in [3.63, 3.8) is 0 Å². The summed E-state index contributed by atoms with van der Waals surface area (Å²) in [5.74, 6) is 1.12. The Labute approximate surface area is 134 Å². The van der Waals surface area contributed by atoms with Crippen LogP contribution in [0.5, 0.6) is 0 Å². The van der Waals surface area contributed by atoms with Crippen LogP contribution in [0.4, 0.5) is 0 Å². The van der Waals surface area contributed by atoms with E-state index in [-0.39, 0.29) is 0 Å². The monoisotopic (exact) mass is 315 g/mol. The third kappa shape index (κ3) is 2.51. The lowest BCUT2D eigenvalue weighted by Gasteiger charge is -2.34. The molecule has 1 aliphatic heterocycles. The second-order valence-corrected chi connectivity index (χ2v) is 6.67. The van der Waals surface area contributed by atoms with Gasteiger partial charge in [-0.25, -0.2) is 4.98 Å². The molecule has 0 aliphatic carbocycles. The van der Waals surface area contributed by atoms with Crippen LogP contribution in [-0.2, 0) is 6.54 Å². The fourth-order valence-corrected chi connectivity index (χ4v) is 3.99. The van der Waals surface area contributed by atoms with E-state index in [1.807, 2.05) is 6.07 Å². The SMILES string of the molecule is CCCN1CCN(Cc2nsc3nc4ccccc4n23)CC1. The maximum atomic E-state index is 4.66. The minimum atomic E-state index is 0.917. The van der Waals surface area contributed by atoms with Crippen molar-refractivity contribution < 1.29 is 0 Å². The summed E-state index contributed by atoms with van der Waals surface area (Å²) in [4.78, 5) is 10.7. The summed E-state index contributed by atoms with van der Waals surface area (Å²) in [6.45, 7) is 9.00. The molecule has 0 spiro atoms. The molecule has 0 N–H and O–H groups in total. The zero-order valence-corrected chi connectivity index (χ0v) is 13.7. The van der Waals surface area contributed by atoms with Crippen molar-refractivity contribution in [2.24, 2.45) is 0 Å². The second kappa shape index (κ2) is 5.95. The van der Waals surface area contributed by atoms with Gasteiger partial charge in [0.25, 0.3) is 0 Å². The lowest BCUT2D eigenvalue weighted by molar-refractivity contribution is 0.125. The van der Waals surface area contributed by atoms with Crippen molar-refractivity contribution >= 4 is 27.5 Å². The first kappa shape index (κ1) is 14.1. The number of aromatic nitrogens is 3. The molecule has 0 radical (unpaired) electrons. The quantitative estimate of drug-likeness (QED) is 0.741. The summed E-state index contributed by atoms with van der Waals surface area (Å²) in [7, 11) is 0. The second-order valence-electron chi connectivity index (χ2n) is 5.94. The lowest BCUT2D eigenvalue weighted by atomic mass is 10.3. The zero-order chi connectivity index (χ0) is 14.9. The van der Waals surface area contributed by atoms with Crippen LogP contribution in [0.15, 0.2) is 24.3 Å². The van der Waals surface area contributed by atoms with Gasteiger partial charge in [0.1, 0.15) is 5.82 Å². The maximum Gasteiger partial charge on any atom is 0.214 e. The Hall–Kier alpha value is -1.50. The normalized spacial score (nSPS) is 17.7. The van der Waals surface area contributed by atoms with E-state index in [9.17, 15) is 0 Å². The van der Waals surface area contributed by atoms with Crippen molar-refractivity contribution in [1.82, 2.24) is 23.6 Å². The molecule has 3 heterocycles. The van der Waals surface area contributed by atoms with Gasteiger partial charge in [0.15, 0.2) is 0 Å². The van der Waals surface area contributed by atoms with Crippen LogP contribution in [0.1, 0.15) is 19.2 Å². The predicted molar refractivity (Wildman–Crippen MR) is 90.4 cm³/mol. The van der Waals surface area contributed by atoms with Gasteiger partial charge in [-0.2, -0.15) is 4.37 Å². The minimum Gasteiger partial charge on any atom is -0.301 e. The number of piperazine rings is 1. The third-order valence-corrected chi connectivity index (χ3v) is 5.13. The molecule has 4 rings (SSSR count). The van der Waals surface area contributed by atoms with Crippen molar-refractivity contribution in [2.45, 2.75) is 19.9 Å². The number of hydrogen-bond acceptors (Lipinski definition) is 5. The van der Waals surface area contributed by atoms with E-state index in [1.54, 1.807) is 0 Å². The Bertz CT molecular complexity index is 769. The van der Waals surface area contributed by atoms with Gasteiger partial charge in [0.05, 0.1) is 17.6 Å². The first-order valence-corrected chi connectivity index (χ1v) is 8.79. The summed E-state index contributed by atoms with van der Waals surface area (Å²) < 4.78 is 6.86. The molecule has 0 bridgehead atoms. The molecule has 0 unspecified atom stereocenters. The zero-order valence-electron chi connectivity index (χ0n) is 12.9. The molecule has 1 aromatic carbocycles. The van der Waals surface area contributed by atoms with E-state index in [0.717, 1.165) is 35.9 Å². The number of fused-ring (bicyclic) bond motifs is 3. The van der Waals surface area contributed by atoms with Gasteiger partial charge in [0.2, 0.25) is 4.96 Å². The summed E-state index contributed by atoms with van der Waals surface area (Å²) in [5, 5.41) is 0. The van der Waals surface area contributed by atoms with Crippen LogP contribution in [0.25, 0.3) is 16.0 Å². The molecule has 3 aromatic rings. The topological polar surface area (TPSA) is 36.7 Å². The molecule has 116 valence electrons. The molecule has 22 heavy (non-hydrogen) atoms. The molecule has 5 nitrogen and oxygen atoms in total. The van der Waals surface area contributed by atoms with Gasteiger partial charge in [0, 0.05) is 37.7 Å². The summed E-state index contributed by atoms with van der Waals surface area (Å²) in [6.07, 6.45) is 1.24. The number of hydrogen-bond donors (Lipinski definition) is 0. The van der Waals surface area contributed by atoms with Crippen molar-refractivity contribution in [2.75, 3.05) is 32.7 Å². The highest BCUT2D eigenvalue weighted by molar-refractivity contribution is 7.11. The van der Waals surface area contributed by atoms with Crippen molar-refractivity contribution in [1.29, 1.82) is 0 Å². The number of imidazole rings is 1. The Kier molecular flexibility index (Phi) is 3.82. The highest BCUT2D eigenvalue weighted by Crippen LogP contribution is 2.22. The average Bonchev–Trinajstić information content (AvgIpc) is 3.09. The fourth-order valence-electron chi connectivity index (χ4n) is 3.24. The Morgan fingerprint density at radius 2 is 1.86 bits per heavy atom. The molecule has 1 aliphatic rings. The summed E-state index contributed by atoms with van der Waals surface area (Å²) >= 11 is 1.50. The van der Waals surface area contributed by atoms with Gasteiger partial charge in [-0.1, -0.05) is 19.1 Å². The van der Waals surface area contributed by atoms with E-state index in [0.29, 0.717) is 0 Å². The first-order valence-electron chi connectivity index (χ1n) is 8.01. The summed E-state index contributed by atoms with van der Waals surface area (Å²) in [6, 6.07) is 8.32. The van der Waals surface area contributed by atoms with Gasteiger partial charge in [-0.3, -0.25) is 9.30 Å². The Morgan fingerprint density at radius 1 is 1.09 bits per heavy atom. The molecular formula is C16H21N5S. The van der Waals surface area contributed by atoms with Gasteiger partial charge in [-0.15, -0.1) is 0 Å². The van der Waals surface area contributed by atoms with Crippen molar-refractivity contribution in [3.8, 4) is 0 Å². The van der Waals surface area contributed by atoms with Crippen LogP contribution < -0.4 is 0 Å². The molecule has 6 heteroatoms. The molecule has 0 atom stereocenters. The minimum absolute atomic E-state index is 0.917. The highest BCUT2D eigenvalue weighted by Gasteiger charge is 2.19. The van der Waals surface area contributed by atoms with Gasteiger partial charge < -0.3 is 4.90 Å². The largest absolute Gasteiger partial charge is 0.301 e. The summed E-state index contributed by atoms with van der Waals surface area (Å²) in [5.41, 5.74) is 2.23. The van der Waals surface area contributed by atoms with Gasteiger partial charge in [-0.05, 0) is 25.1 Å². The van der Waals surface area contributed by atoms with E-state index < -0.39 is 0 Å². The number of benzene rings is 1. The first-order chi connectivity index (χ1) is 10.8. The van der Waals surface area contributed by atoms with Crippen molar-refractivity contribution in [3.05, 3.63) is 30.1 Å². The van der Waals surface area contributed by atoms with Crippen LogP contribution in [0, 0.1) is 0 Å². The highest BCUT2D eigenvalue weighted by atomic mass is 32.1. The van der Waals surface area contributed by atoms with Crippen LogP contribution in [0.3, 0.4) is 0 Å². The molecule has 0 amide bonds. The lowest BCUT2D eigenvalue weighted by Crippen LogP contribution is -2.46. The third-order valence-electron chi connectivity index (χ3n) is 4.39. The molecule has 2 aromatic heterocycles. The number of para-hydroxylation sites is 2. The van der Waals surface area contributed by atoms with Crippen LogP contribution in [0.2, 0.25) is 0 Å². The van der Waals surface area contributed by atoms with E-state index >= 15 is 0 Å². The Morgan fingerprint density at radius 3 is 2.68 bits per heavy atom. The standard InChI is InChI=1S/C16H21N5S/c1-2-7-19-8-10-20(11-9-19)12-15-18-22-16-17-13-5-3-4-6-14(13)21(15)16/h3-6H,2,7-12H2,1H3. The number of rotatable bonds is 4.